The second-order valence-corrected chi connectivity index (χ2v) is 8.47. The van der Waals surface area contributed by atoms with Gasteiger partial charge in [-0.25, -0.2) is 19.7 Å². The zero-order valence-corrected chi connectivity index (χ0v) is 20.5. The lowest BCUT2D eigenvalue weighted by Crippen LogP contribution is -2.49. The predicted octanol–water partition coefficient (Wildman–Crippen LogP) is 1.92. The molecule has 1 aliphatic heterocycles. The van der Waals surface area contributed by atoms with Crippen LogP contribution in [0.15, 0.2) is 30.5 Å². The summed E-state index contributed by atoms with van der Waals surface area (Å²) in [5.41, 5.74) is 2.87. The molecule has 0 aliphatic carbocycles. The van der Waals surface area contributed by atoms with Crippen LogP contribution in [0, 0.1) is 20.8 Å². The average molecular weight is 479 g/mol. The molecule has 1 N–H and O–H groups in total. The lowest BCUT2D eigenvalue weighted by Gasteiger charge is -2.35. The Morgan fingerprint density at radius 2 is 1.71 bits per heavy atom. The molecule has 1 aliphatic rings. The molecule has 0 radical (unpaired) electrons. The topological polar surface area (TPSA) is 118 Å². The standard InChI is InChI=1S/C24H30N8O3/c1-5-35-23(34)19-6-7-20(25-14-19)31-10-8-30(9-11-31)15-22(33)28-21-13-18(4)29-32(21)24-26-16(2)12-17(3)27-24/h6-7,12-14H,5,8-11,15H2,1-4H3,(H,28,33). The highest BCUT2D eigenvalue weighted by Gasteiger charge is 2.21. The molecule has 0 spiro atoms. The minimum atomic E-state index is -0.372. The molecule has 35 heavy (non-hydrogen) atoms. The van der Waals surface area contributed by atoms with Crippen molar-refractivity contribution in [3.63, 3.8) is 0 Å². The number of aromatic nitrogens is 5. The Labute approximate surface area is 204 Å². The number of hydrogen-bond acceptors (Lipinski definition) is 9. The molecular formula is C24H30N8O3. The van der Waals surface area contributed by atoms with Gasteiger partial charge in [0.2, 0.25) is 5.91 Å². The number of piperazine rings is 1. The van der Waals surface area contributed by atoms with E-state index >= 15 is 0 Å². The number of carbonyl (C=O) groups is 2. The maximum absolute atomic E-state index is 12.8. The van der Waals surface area contributed by atoms with Crippen molar-refractivity contribution in [2.45, 2.75) is 27.7 Å². The van der Waals surface area contributed by atoms with E-state index in [1.54, 1.807) is 17.7 Å². The van der Waals surface area contributed by atoms with Gasteiger partial charge in [0.1, 0.15) is 11.6 Å². The molecule has 0 bridgehead atoms. The van der Waals surface area contributed by atoms with Gasteiger partial charge in [0.25, 0.3) is 5.95 Å². The molecule has 0 saturated carbocycles. The SMILES string of the molecule is CCOC(=O)c1ccc(N2CCN(CC(=O)Nc3cc(C)nn3-c3nc(C)cc(C)n3)CC2)nc1. The normalized spacial score (nSPS) is 14.1. The zero-order chi connectivity index (χ0) is 24.9. The molecule has 0 unspecified atom stereocenters. The zero-order valence-electron chi connectivity index (χ0n) is 20.5. The van der Waals surface area contributed by atoms with E-state index in [4.69, 9.17) is 4.74 Å². The van der Waals surface area contributed by atoms with E-state index in [0.717, 1.165) is 36.0 Å². The summed E-state index contributed by atoms with van der Waals surface area (Å²) >= 11 is 0. The number of carbonyl (C=O) groups excluding carboxylic acids is 2. The summed E-state index contributed by atoms with van der Waals surface area (Å²) in [5, 5.41) is 7.41. The molecular weight excluding hydrogens is 448 g/mol. The Bertz CT molecular complexity index is 1180. The first kappa shape index (κ1) is 24.3. The number of rotatable bonds is 7. The van der Waals surface area contributed by atoms with Crippen LogP contribution in [0.4, 0.5) is 11.6 Å². The van der Waals surface area contributed by atoms with Gasteiger partial charge in [-0.2, -0.15) is 9.78 Å². The second-order valence-electron chi connectivity index (χ2n) is 8.47. The molecule has 4 heterocycles. The van der Waals surface area contributed by atoms with Crippen LogP contribution in [-0.2, 0) is 9.53 Å². The molecule has 0 aromatic carbocycles. The maximum atomic E-state index is 12.8. The van der Waals surface area contributed by atoms with Crippen molar-refractivity contribution in [3.05, 3.63) is 53.1 Å². The van der Waals surface area contributed by atoms with Crippen molar-refractivity contribution in [2.24, 2.45) is 0 Å². The number of esters is 1. The third-order valence-electron chi connectivity index (χ3n) is 5.58. The molecule has 184 valence electrons. The predicted molar refractivity (Wildman–Crippen MR) is 131 cm³/mol. The molecule has 3 aromatic heterocycles. The van der Waals surface area contributed by atoms with E-state index in [-0.39, 0.29) is 18.4 Å². The van der Waals surface area contributed by atoms with Crippen LogP contribution in [-0.4, -0.2) is 80.8 Å². The highest BCUT2D eigenvalue weighted by molar-refractivity contribution is 5.91. The number of aryl methyl sites for hydroxylation is 3. The average Bonchev–Trinajstić information content (AvgIpc) is 3.19. The highest BCUT2D eigenvalue weighted by atomic mass is 16.5. The minimum absolute atomic E-state index is 0.124. The fourth-order valence-corrected chi connectivity index (χ4v) is 3.97. The summed E-state index contributed by atoms with van der Waals surface area (Å²) in [6.45, 7) is 10.9. The van der Waals surface area contributed by atoms with Crippen molar-refractivity contribution in [1.82, 2.24) is 29.6 Å². The van der Waals surface area contributed by atoms with Gasteiger partial charge in [0.15, 0.2) is 0 Å². The van der Waals surface area contributed by atoms with E-state index in [1.165, 1.54) is 6.20 Å². The van der Waals surface area contributed by atoms with Gasteiger partial charge < -0.3 is 15.0 Å². The third kappa shape index (κ3) is 5.99. The number of nitrogens with one attached hydrogen (secondary N) is 1. The lowest BCUT2D eigenvalue weighted by molar-refractivity contribution is -0.117. The summed E-state index contributed by atoms with van der Waals surface area (Å²) < 4.78 is 6.57. The largest absolute Gasteiger partial charge is 0.462 e. The third-order valence-corrected chi connectivity index (χ3v) is 5.58. The van der Waals surface area contributed by atoms with Crippen molar-refractivity contribution in [2.75, 3.05) is 49.5 Å². The summed E-state index contributed by atoms with van der Waals surface area (Å²) in [6.07, 6.45) is 1.54. The second kappa shape index (κ2) is 10.6. The van der Waals surface area contributed by atoms with Crippen LogP contribution in [0.25, 0.3) is 5.95 Å². The molecule has 0 atom stereocenters. The quantitative estimate of drug-likeness (QED) is 0.508. The molecule has 1 amide bonds. The first-order valence-corrected chi connectivity index (χ1v) is 11.6. The van der Waals surface area contributed by atoms with Crippen LogP contribution in [0.1, 0.15) is 34.4 Å². The van der Waals surface area contributed by atoms with Crippen LogP contribution in [0.2, 0.25) is 0 Å². The summed E-state index contributed by atoms with van der Waals surface area (Å²) in [4.78, 5) is 42.2. The van der Waals surface area contributed by atoms with Crippen LogP contribution in [0.3, 0.4) is 0 Å². The number of ether oxygens (including phenoxy) is 1. The van der Waals surface area contributed by atoms with Gasteiger partial charge in [-0.3, -0.25) is 9.69 Å². The van der Waals surface area contributed by atoms with E-state index in [2.05, 4.69) is 35.2 Å². The Kier molecular flexibility index (Phi) is 7.35. The number of pyridine rings is 1. The molecule has 3 aromatic rings. The van der Waals surface area contributed by atoms with E-state index in [1.807, 2.05) is 39.0 Å². The Hall–Kier alpha value is -3.86. The highest BCUT2D eigenvalue weighted by Crippen LogP contribution is 2.17. The van der Waals surface area contributed by atoms with Crippen LogP contribution >= 0.6 is 0 Å². The van der Waals surface area contributed by atoms with Gasteiger partial charge in [0, 0.05) is 49.8 Å². The lowest BCUT2D eigenvalue weighted by atomic mass is 10.2. The van der Waals surface area contributed by atoms with Crippen molar-refractivity contribution in [1.29, 1.82) is 0 Å². The fraction of sp³-hybridized carbons (Fsp3) is 0.417. The first-order valence-electron chi connectivity index (χ1n) is 11.6. The van der Waals surface area contributed by atoms with Gasteiger partial charge in [-0.1, -0.05) is 0 Å². The number of hydrogen-bond donors (Lipinski definition) is 1. The van der Waals surface area contributed by atoms with Crippen LogP contribution in [0.5, 0.6) is 0 Å². The number of anilines is 2. The summed E-state index contributed by atoms with van der Waals surface area (Å²) in [5.74, 6) is 1.28. The molecule has 4 rings (SSSR count). The molecule has 1 fully saturated rings. The first-order chi connectivity index (χ1) is 16.8. The molecule has 1 saturated heterocycles. The van der Waals surface area contributed by atoms with Crippen molar-refractivity contribution < 1.29 is 14.3 Å². The van der Waals surface area contributed by atoms with Gasteiger partial charge in [0.05, 0.1) is 24.4 Å². The van der Waals surface area contributed by atoms with Gasteiger partial charge >= 0.3 is 5.97 Å². The van der Waals surface area contributed by atoms with E-state index in [0.29, 0.717) is 37.0 Å². The van der Waals surface area contributed by atoms with Crippen LogP contribution < -0.4 is 10.2 Å². The van der Waals surface area contributed by atoms with E-state index in [9.17, 15) is 9.59 Å². The number of nitrogens with zero attached hydrogens (tertiary/aromatic N) is 7. The van der Waals surface area contributed by atoms with Gasteiger partial charge in [-0.05, 0) is 45.9 Å². The van der Waals surface area contributed by atoms with E-state index < -0.39 is 0 Å². The number of amides is 1. The summed E-state index contributed by atoms with van der Waals surface area (Å²) in [6, 6.07) is 7.25. The minimum Gasteiger partial charge on any atom is -0.462 e. The maximum Gasteiger partial charge on any atom is 0.339 e. The smallest absolute Gasteiger partial charge is 0.339 e. The Morgan fingerprint density at radius 3 is 2.34 bits per heavy atom. The fourth-order valence-electron chi connectivity index (χ4n) is 3.97. The Balaban J connectivity index is 1.33. The van der Waals surface area contributed by atoms with Crippen molar-refractivity contribution in [3.8, 4) is 5.95 Å². The molecule has 11 heteroatoms. The van der Waals surface area contributed by atoms with Gasteiger partial charge in [-0.15, -0.1) is 0 Å². The Morgan fingerprint density at radius 1 is 1.00 bits per heavy atom. The monoisotopic (exact) mass is 478 g/mol. The molecule has 11 nitrogen and oxygen atoms in total. The summed E-state index contributed by atoms with van der Waals surface area (Å²) in [7, 11) is 0. The van der Waals surface area contributed by atoms with Crippen molar-refractivity contribution >= 4 is 23.5 Å².